The quantitative estimate of drug-likeness (QED) is 0.593. The molecule has 2 saturated carbocycles. The Kier molecular flexibility index (Phi) is 6.12. The van der Waals surface area contributed by atoms with Crippen molar-refractivity contribution in [2.45, 2.75) is 89.3 Å². The summed E-state index contributed by atoms with van der Waals surface area (Å²) in [6.45, 7) is 6.13. The fourth-order valence-electron chi connectivity index (χ4n) is 5.52. The average Bonchev–Trinajstić information content (AvgIpc) is 3.27. The van der Waals surface area contributed by atoms with Crippen LogP contribution in [-0.2, 0) is 4.74 Å². The smallest absolute Gasteiger partial charge is 0.107 e. The van der Waals surface area contributed by atoms with Crippen molar-refractivity contribution in [3.63, 3.8) is 0 Å². The van der Waals surface area contributed by atoms with Gasteiger partial charge in [0.25, 0.3) is 0 Å². The molecule has 4 N–H and O–H groups in total. The molecule has 2 aliphatic carbocycles. The number of nitrogens with zero attached hydrogens (tertiary/aromatic N) is 1. The number of hydrazine groups is 3. The minimum Gasteiger partial charge on any atom is -0.378 e. The summed E-state index contributed by atoms with van der Waals surface area (Å²) in [4.78, 5) is 0. The monoisotopic (exact) mass is 369 g/mol. The van der Waals surface area contributed by atoms with E-state index in [9.17, 15) is 4.39 Å². The van der Waals surface area contributed by atoms with Crippen LogP contribution in [0.1, 0.15) is 58.8 Å². The van der Waals surface area contributed by atoms with E-state index in [0.29, 0.717) is 30.5 Å². The highest BCUT2D eigenvalue weighted by Gasteiger charge is 2.42. The Morgan fingerprint density at radius 1 is 1.15 bits per heavy atom. The lowest BCUT2D eigenvalue weighted by atomic mass is 9.79. The van der Waals surface area contributed by atoms with Gasteiger partial charge in [-0.1, -0.05) is 12.8 Å². The summed E-state index contributed by atoms with van der Waals surface area (Å²) in [6.07, 6.45) is 7.54. The van der Waals surface area contributed by atoms with Crippen LogP contribution >= 0.6 is 0 Å². The van der Waals surface area contributed by atoms with Crippen LogP contribution in [-0.4, -0.2) is 48.7 Å². The first kappa shape index (κ1) is 19.0. The zero-order chi connectivity index (χ0) is 18.1. The Bertz CT molecular complexity index is 467. The normalized spacial score (nSPS) is 44.5. The molecule has 150 valence electrons. The third-order valence-electron chi connectivity index (χ3n) is 7.04. The molecular formula is C19H36FN5O. The van der Waals surface area contributed by atoms with E-state index in [-0.39, 0.29) is 12.1 Å². The van der Waals surface area contributed by atoms with Gasteiger partial charge in [0.15, 0.2) is 0 Å². The Morgan fingerprint density at radius 2 is 2.00 bits per heavy atom. The van der Waals surface area contributed by atoms with E-state index in [0.717, 1.165) is 31.9 Å². The molecule has 7 atom stereocenters. The molecule has 0 amide bonds. The molecule has 4 fully saturated rings. The lowest BCUT2D eigenvalue weighted by molar-refractivity contribution is 0.0259. The van der Waals surface area contributed by atoms with Crippen LogP contribution in [0.2, 0.25) is 0 Å². The zero-order valence-corrected chi connectivity index (χ0v) is 16.2. The lowest BCUT2D eigenvalue weighted by Gasteiger charge is -2.39. The minimum absolute atomic E-state index is 0.0113. The van der Waals surface area contributed by atoms with Crippen molar-refractivity contribution in [3.8, 4) is 0 Å². The van der Waals surface area contributed by atoms with Gasteiger partial charge in [-0.3, -0.25) is 0 Å². The van der Waals surface area contributed by atoms with Gasteiger partial charge < -0.3 is 10.1 Å². The molecule has 0 radical (unpaired) electrons. The molecule has 0 bridgehead atoms. The second-order valence-corrected chi connectivity index (χ2v) is 9.01. The summed E-state index contributed by atoms with van der Waals surface area (Å²) in [5, 5.41) is 5.77. The highest BCUT2D eigenvalue weighted by molar-refractivity contribution is 4.93. The van der Waals surface area contributed by atoms with Crippen molar-refractivity contribution < 1.29 is 9.13 Å². The third-order valence-corrected chi connectivity index (χ3v) is 7.04. The summed E-state index contributed by atoms with van der Waals surface area (Å²) in [6, 6.07) is 0.620. The predicted molar refractivity (Wildman–Crippen MR) is 99.4 cm³/mol. The lowest BCUT2D eigenvalue weighted by Crippen LogP contribution is -2.53. The third kappa shape index (κ3) is 3.93. The Hall–Kier alpha value is -0.310. The van der Waals surface area contributed by atoms with Gasteiger partial charge >= 0.3 is 0 Å². The van der Waals surface area contributed by atoms with Gasteiger partial charge in [0.05, 0.1) is 18.9 Å². The number of hydrogen-bond donors (Lipinski definition) is 4. The van der Waals surface area contributed by atoms with E-state index in [1.807, 2.05) is 0 Å². The Labute approximate surface area is 156 Å². The van der Waals surface area contributed by atoms with Crippen LogP contribution in [0.3, 0.4) is 0 Å². The van der Waals surface area contributed by atoms with Gasteiger partial charge in [0.1, 0.15) is 6.17 Å². The molecular weight excluding hydrogens is 333 g/mol. The van der Waals surface area contributed by atoms with Crippen LogP contribution in [0.25, 0.3) is 0 Å². The van der Waals surface area contributed by atoms with E-state index in [4.69, 9.17) is 4.74 Å². The molecule has 0 spiro atoms. The second-order valence-electron chi connectivity index (χ2n) is 9.01. The van der Waals surface area contributed by atoms with Crippen molar-refractivity contribution in [1.82, 2.24) is 26.8 Å². The maximum atomic E-state index is 15.0. The number of nitrogens with one attached hydrogen (secondary N) is 4. The molecule has 26 heavy (non-hydrogen) atoms. The maximum absolute atomic E-state index is 15.0. The van der Waals surface area contributed by atoms with Gasteiger partial charge in [-0.25, -0.2) is 14.8 Å². The summed E-state index contributed by atoms with van der Waals surface area (Å²) in [5.41, 5.74) is 9.25. The molecule has 2 aliphatic heterocycles. The average molecular weight is 370 g/mol. The van der Waals surface area contributed by atoms with Crippen LogP contribution in [0.4, 0.5) is 4.39 Å². The number of rotatable bonds is 5. The summed E-state index contributed by atoms with van der Waals surface area (Å²) in [5.74, 6) is 1.38. The molecule has 4 aliphatic rings. The second kappa shape index (κ2) is 8.37. The van der Waals surface area contributed by atoms with Gasteiger partial charge in [-0.15, -0.1) is 0 Å². The standard InChI is InChI=1S/C19H36FN5O/c1-12(2)25-19(22-23-24-25)16-8-7-14(9-17(16)20)21-10-13-11-26-18-6-4-3-5-15(13)18/h12-19,21-24H,3-11H2,1-2H3. The minimum atomic E-state index is -0.774. The molecule has 6 nitrogen and oxygen atoms in total. The van der Waals surface area contributed by atoms with Crippen molar-refractivity contribution in [2.24, 2.45) is 17.8 Å². The van der Waals surface area contributed by atoms with Gasteiger partial charge in [-0.05, 0) is 51.9 Å². The largest absolute Gasteiger partial charge is 0.378 e. The van der Waals surface area contributed by atoms with Crippen molar-refractivity contribution in [2.75, 3.05) is 13.2 Å². The fourth-order valence-corrected chi connectivity index (χ4v) is 5.52. The van der Waals surface area contributed by atoms with Crippen LogP contribution < -0.4 is 21.8 Å². The Balaban J connectivity index is 1.25. The molecule has 2 heterocycles. The number of fused-ring (bicyclic) bond motifs is 1. The fraction of sp³-hybridized carbons (Fsp3) is 1.00. The number of halogens is 1. The predicted octanol–water partition coefficient (Wildman–Crippen LogP) is 1.85. The first-order chi connectivity index (χ1) is 12.6. The number of hydrogen-bond acceptors (Lipinski definition) is 6. The summed E-state index contributed by atoms with van der Waals surface area (Å²) >= 11 is 0. The van der Waals surface area contributed by atoms with E-state index in [2.05, 4.69) is 40.7 Å². The summed E-state index contributed by atoms with van der Waals surface area (Å²) in [7, 11) is 0. The van der Waals surface area contributed by atoms with Crippen LogP contribution in [0, 0.1) is 17.8 Å². The maximum Gasteiger partial charge on any atom is 0.107 e. The van der Waals surface area contributed by atoms with E-state index < -0.39 is 6.17 Å². The van der Waals surface area contributed by atoms with E-state index in [1.165, 1.54) is 25.7 Å². The molecule has 7 unspecified atom stereocenters. The highest BCUT2D eigenvalue weighted by atomic mass is 19.1. The molecule has 2 saturated heterocycles. The Morgan fingerprint density at radius 3 is 2.81 bits per heavy atom. The highest BCUT2D eigenvalue weighted by Crippen LogP contribution is 2.38. The van der Waals surface area contributed by atoms with Crippen molar-refractivity contribution >= 4 is 0 Å². The molecule has 0 aromatic rings. The number of alkyl halides is 1. The first-order valence-corrected chi connectivity index (χ1v) is 10.7. The zero-order valence-electron chi connectivity index (χ0n) is 16.2. The van der Waals surface area contributed by atoms with Crippen LogP contribution in [0.5, 0.6) is 0 Å². The van der Waals surface area contributed by atoms with Gasteiger partial charge in [0.2, 0.25) is 0 Å². The number of ether oxygens (including phenoxy) is 1. The molecule has 7 heteroatoms. The van der Waals surface area contributed by atoms with E-state index in [1.54, 1.807) is 0 Å². The molecule has 0 aromatic carbocycles. The van der Waals surface area contributed by atoms with E-state index >= 15 is 0 Å². The first-order valence-electron chi connectivity index (χ1n) is 10.7. The van der Waals surface area contributed by atoms with Crippen molar-refractivity contribution in [1.29, 1.82) is 0 Å². The molecule has 0 aromatic heterocycles. The van der Waals surface area contributed by atoms with Gasteiger partial charge in [0, 0.05) is 30.5 Å². The van der Waals surface area contributed by atoms with Crippen molar-refractivity contribution in [3.05, 3.63) is 0 Å². The van der Waals surface area contributed by atoms with Gasteiger partial charge in [-0.2, -0.15) is 11.1 Å². The SMILES string of the molecule is CC(C)N1NNNC1C1CCC(NCC2COC3CCCCC23)CC1F. The van der Waals surface area contributed by atoms with Crippen LogP contribution in [0.15, 0.2) is 0 Å². The molecule has 4 rings (SSSR count). The summed E-state index contributed by atoms with van der Waals surface area (Å²) < 4.78 is 21.0. The topological polar surface area (TPSA) is 60.6 Å².